The van der Waals surface area contributed by atoms with Crippen LogP contribution < -0.4 is 5.73 Å². The molecule has 0 spiro atoms. The molecule has 0 fully saturated rings. The monoisotopic (exact) mass is 227 g/mol. The molecule has 0 saturated heterocycles. The quantitative estimate of drug-likeness (QED) is 0.814. The molecule has 0 unspecified atom stereocenters. The van der Waals surface area contributed by atoms with Gasteiger partial charge in [0.15, 0.2) is 0 Å². The lowest BCUT2D eigenvalue weighted by Crippen LogP contribution is -2.02. The number of nitrogens with two attached hydrogens (primary N) is 1. The van der Waals surface area contributed by atoms with E-state index >= 15 is 0 Å². The molecular weight excluding hydrogens is 210 g/mol. The molecule has 0 aliphatic heterocycles. The Balaban J connectivity index is 2.64. The highest BCUT2D eigenvalue weighted by molar-refractivity contribution is 5.67. The van der Waals surface area contributed by atoms with Crippen molar-refractivity contribution >= 4 is 5.82 Å². The summed E-state index contributed by atoms with van der Waals surface area (Å²) in [5.41, 5.74) is 12.4. The van der Waals surface area contributed by atoms with E-state index in [0.29, 0.717) is 5.82 Å². The summed E-state index contributed by atoms with van der Waals surface area (Å²) in [5, 5.41) is 8.22. The van der Waals surface area contributed by atoms with Crippen LogP contribution in [0.1, 0.15) is 22.3 Å². The minimum Gasteiger partial charge on any atom is -0.382 e. The van der Waals surface area contributed by atoms with E-state index in [1.807, 2.05) is 13.8 Å². The second kappa shape index (κ2) is 4.17. The van der Waals surface area contributed by atoms with Gasteiger partial charge in [0.2, 0.25) is 0 Å². The van der Waals surface area contributed by atoms with Gasteiger partial charge in [0.05, 0.1) is 5.69 Å². The molecule has 0 saturated carbocycles. The van der Waals surface area contributed by atoms with Crippen LogP contribution in [-0.4, -0.2) is 10.2 Å². The molecule has 0 bridgehead atoms. The first-order valence-corrected chi connectivity index (χ1v) is 5.67. The molecule has 2 N–H and O–H groups in total. The van der Waals surface area contributed by atoms with Crippen LogP contribution in [0.4, 0.5) is 5.82 Å². The lowest BCUT2D eigenvalue weighted by molar-refractivity contribution is 1.01. The Kier molecular flexibility index (Phi) is 2.84. The van der Waals surface area contributed by atoms with Crippen molar-refractivity contribution in [2.75, 3.05) is 5.73 Å². The molecule has 2 aromatic rings. The Morgan fingerprint density at radius 1 is 0.824 bits per heavy atom. The number of rotatable bonds is 1. The van der Waals surface area contributed by atoms with E-state index in [1.165, 1.54) is 11.1 Å². The van der Waals surface area contributed by atoms with Crippen LogP contribution in [0.5, 0.6) is 0 Å². The van der Waals surface area contributed by atoms with Gasteiger partial charge in [-0.25, -0.2) is 0 Å². The van der Waals surface area contributed by atoms with Gasteiger partial charge in [0.25, 0.3) is 0 Å². The second-order valence-electron chi connectivity index (χ2n) is 4.56. The molecule has 0 amide bonds. The molecule has 0 aliphatic rings. The van der Waals surface area contributed by atoms with Crippen molar-refractivity contribution in [3.63, 3.8) is 0 Å². The number of aryl methyl sites for hydroxylation is 2. The minimum atomic E-state index is 0.510. The fourth-order valence-corrected chi connectivity index (χ4v) is 2.01. The van der Waals surface area contributed by atoms with Crippen molar-refractivity contribution in [2.45, 2.75) is 27.7 Å². The number of hydrogen-bond acceptors (Lipinski definition) is 3. The number of aromatic nitrogens is 2. The van der Waals surface area contributed by atoms with E-state index in [-0.39, 0.29) is 0 Å². The average Bonchev–Trinajstić information content (AvgIpc) is 2.24. The molecule has 0 aliphatic carbocycles. The lowest BCUT2D eigenvalue weighted by atomic mass is 10.0. The lowest BCUT2D eigenvalue weighted by Gasteiger charge is -2.10. The van der Waals surface area contributed by atoms with Crippen molar-refractivity contribution in [3.8, 4) is 11.3 Å². The summed E-state index contributed by atoms with van der Waals surface area (Å²) >= 11 is 0. The highest BCUT2D eigenvalue weighted by Gasteiger charge is 2.10. The highest BCUT2D eigenvalue weighted by Crippen LogP contribution is 2.26. The van der Waals surface area contributed by atoms with Crippen LogP contribution in [0.2, 0.25) is 0 Å². The SMILES string of the molecule is Cc1cc(C)cc(-c2nnc(N)c(C)c2C)c1. The Hall–Kier alpha value is -1.90. The van der Waals surface area contributed by atoms with E-state index < -0.39 is 0 Å². The first-order valence-electron chi connectivity index (χ1n) is 5.67. The molecule has 2 rings (SSSR count). The zero-order valence-electron chi connectivity index (χ0n) is 10.7. The van der Waals surface area contributed by atoms with Gasteiger partial charge in [-0.3, -0.25) is 0 Å². The number of benzene rings is 1. The van der Waals surface area contributed by atoms with Crippen LogP contribution in [-0.2, 0) is 0 Å². The maximum absolute atomic E-state index is 5.75. The molecule has 1 aromatic carbocycles. The molecule has 0 radical (unpaired) electrons. The van der Waals surface area contributed by atoms with E-state index in [1.54, 1.807) is 0 Å². The third kappa shape index (κ3) is 2.13. The van der Waals surface area contributed by atoms with Crippen molar-refractivity contribution in [2.24, 2.45) is 0 Å². The minimum absolute atomic E-state index is 0.510. The molecule has 3 heteroatoms. The van der Waals surface area contributed by atoms with E-state index in [0.717, 1.165) is 22.4 Å². The van der Waals surface area contributed by atoms with Gasteiger partial charge in [-0.1, -0.05) is 17.2 Å². The first kappa shape index (κ1) is 11.6. The fraction of sp³-hybridized carbons (Fsp3) is 0.286. The van der Waals surface area contributed by atoms with Crippen LogP contribution in [0.25, 0.3) is 11.3 Å². The Labute approximate surface area is 102 Å². The fourth-order valence-electron chi connectivity index (χ4n) is 2.01. The van der Waals surface area contributed by atoms with Crippen molar-refractivity contribution < 1.29 is 0 Å². The number of nitrogen functional groups attached to an aromatic ring is 1. The van der Waals surface area contributed by atoms with Crippen LogP contribution >= 0.6 is 0 Å². The van der Waals surface area contributed by atoms with Gasteiger partial charge in [-0.2, -0.15) is 0 Å². The first-order chi connectivity index (χ1) is 7.99. The third-order valence-corrected chi connectivity index (χ3v) is 3.05. The summed E-state index contributed by atoms with van der Waals surface area (Å²) < 4.78 is 0. The number of anilines is 1. The maximum Gasteiger partial charge on any atom is 0.149 e. The molecular formula is C14H17N3. The van der Waals surface area contributed by atoms with Crippen molar-refractivity contribution in [3.05, 3.63) is 40.5 Å². The van der Waals surface area contributed by atoms with E-state index in [4.69, 9.17) is 5.73 Å². The summed E-state index contributed by atoms with van der Waals surface area (Å²) in [7, 11) is 0. The standard InChI is InChI=1S/C14H17N3/c1-8-5-9(2)7-12(6-8)13-10(3)11(4)14(15)17-16-13/h5-7H,1-4H3,(H2,15,17). The van der Waals surface area contributed by atoms with E-state index in [9.17, 15) is 0 Å². The zero-order chi connectivity index (χ0) is 12.6. The molecule has 1 heterocycles. The van der Waals surface area contributed by atoms with Gasteiger partial charge in [-0.05, 0) is 51.0 Å². The smallest absolute Gasteiger partial charge is 0.149 e. The highest BCUT2D eigenvalue weighted by atomic mass is 15.1. The zero-order valence-corrected chi connectivity index (χ0v) is 10.7. The van der Waals surface area contributed by atoms with Crippen molar-refractivity contribution in [1.29, 1.82) is 0 Å². The molecule has 1 aromatic heterocycles. The number of hydrogen-bond donors (Lipinski definition) is 1. The Morgan fingerprint density at radius 2 is 1.41 bits per heavy atom. The van der Waals surface area contributed by atoms with E-state index in [2.05, 4.69) is 42.2 Å². The van der Waals surface area contributed by atoms with Gasteiger partial charge in [0, 0.05) is 5.56 Å². The predicted octanol–water partition coefficient (Wildman–Crippen LogP) is 2.96. The maximum atomic E-state index is 5.75. The largest absolute Gasteiger partial charge is 0.382 e. The average molecular weight is 227 g/mol. The normalized spacial score (nSPS) is 10.6. The van der Waals surface area contributed by atoms with Crippen LogP contribution in [0.15, 0.2) is 18.2 Å². The van der Waals surface area contributed by atoms with Gasteiger partial charge in [0.1, 0.15) is 5.82 Å². The van der Waals surface area contributed by atoms with Crippen LogP contribution in [0.3, 0.4) is 0 Å². The summed E-state index contributed by atoms with van der Waals surface area (Å²) in [4.78, 5) is 0. The van der Waals surface area contributed by atoms with Gasteiger partial charge < -0.3 is 5.73 Å². The summed E-state index contributed by atoms with van der Waals surface area (Å²) in [6.45, 7) is 8.19. The summed E-state index contributed by atoms with van der Waals surface area (Å²) in [6, 6.07) is 6.40. The third-order valence-electron chi connectivity index (χ3n) is 3.05. The topological polar surface area (TPSA) is 51.8 Å². The summed E-state index contributed by atoms with van der Waals surface area (Å²) in [6.07, 6.45) is 0. The van der Waals surface area contributed by atoms with Crippen LogP contribution in [0, 0.1) is 27.7 Å². The Bertz CT molecular complexity index is 554. The Morgan fingerprint density at radius 3 is 2.00 bits per heavy atom. The summed E-state index contributed by atoms with van der Waals surface area (Å²) in [5.74, 6) is 0.510. The predicted molar refractivity (Wildman–Crippen MR) is 70.8 cm³/mol. The molecule has 0 atom stereocenters. The van der Waals surface area contributed by atoms with Crippen molar-refractivity contribution in [1.82, 2.24) is 10.2 Å². The van der Waals surface area contributed by atoms with Gasteiger partial charge in [-0.15, -0.1) is 10.2 Å². The second-order valence-corrected chi connectivity index (χ2v) is 4.56. The van der Waals surface area contributed by atoms with Gasteiger partial charge >= 0.3 is 0 Å². The molecule has 3 nitrogen and oxygen atoms in total. The molecule has 17 heavy (non-hydrogen) atoms. The number of nitrogens with zero attached hydrogens (tertiary/aromatic N) is 2. The molecule has 88 valence electrons.